The van der Waals surface area contributed by atoms with Gasteiger partial charge in [0.15, 0.2) is 0 Å². The summed E-state index contributed by atoms with van der Waals surface area (Å²) in [6.45, 7) is 0. The maximum atomic E-state index is 10.6. The molecule has 0 spiro atoms. The number of carbonyl (C=O) groups excluding carboxylic acids is 1. The monoisotopic (exact) mass is 173 g/mol. The molecule has 2 N–H and O–H groups in total. The number of rotatable bonds is 1. The lowest BCUT2D eigenvalue weighted by Gasteiger charge is -1.89. The van der Waals surface area contributed by atoms with Gasteiger partial charge in [-0.3, -0.25) is 4.79 Å². The summed E-state index contributed by atoms with van der Waals surface area (Å²) in [7, 11) is 1.72. The Morgan fingerprint density at radius 1 is 1.73 bits per heavy atom. The first-order valence-corrected chi connectivity index (χ1v) is 2.82. The topological polar surface area (TPSA) is 59.9 Å². The number of nitrogens with zero attached hydrogens (tertiary/aromatic N) is 2. The molecule has 0 radical (unpaired) electrons. The molecule has 0 aliphatic carbocycles. The molecule has 1 amide bonds. The first-order chi connectivity index (χ1) is 4.72. The lowest BCUT2D eigenvalue weighted by atomic mass is 10.5. The van der Waals surface area contributed by atoms with Crippen LogP contribution in [0.2, 0.25) is 0 Å². The highest BCUT2D eigenvalue weighted by atomic mass is 35.5. The zero-order chi connectivity index (χ0) is 7.56. The van der Waals surface area contributed by atoms with E-state index in [-0.39, 0.29) is 18.2 Å². The van der Waals surface area contributed by atoms with Gasteiger partial charge in [0.25, 0.3) is 0 Å². The fourth-order valence-corrected chi connectivity index (χ4v) is 0.680. The Kier molecular flexibility index (Phi) is 3.47. The Morgan fingerprint density at radius 2 is 2.36 bits per heavy atom. The zero-order valence-electron chi connectivity index (χ0n) is 5.99. The van der Waals surface area contributed by atoms with Crippen LogP contribution in [0.25, 0.3) is 0 Å². The number of hydrogen-bond acceptors (Lipinski definition) is 2. The van der Waals surface area contributed by atoms with Gasteiger partial charge >= 0.3 is 11.7 Å². The van der Waals surface area contributed by atoms with Gasteiger partial charge in [0, 0.05) is 6.07 Å². The summed E-state index contributed by atoms with van der Waals surface area (Å²) in [5.41, 5.74) is 4.99. The van der Waals surface area contributed by atoms with Crippen molar-refractivity contribution in [3.63, 3.8) is 0 Å². The van der Waals surface area contributed by atoms with E-state index in [4.69, 9.17) is 5.73 Å². The van der Waals surface area contributed by atoms with Crippen molar-refractivity contribution in [2.24, 2.45) is 12.8 Å². The number of amides is 1. The molecule has 1 aromatic rings. The average Bonchev–Trinajstić information content (AvgIpc) is 1.88. The summed E-state index contributed by atoms with van der Waals surface area (Å²) in [4.78, 5) is 14.3. The smallest absolute Gasteiger partial charge is 0.388 e. The predicted molar refractivity (Wildman–Crippen MR) is 33.9 cm³/mol. The molecule has 1 rings (SSSR count). The molecule has 0 bridgehead atoms. The lowest BCUT2D eigenvalue weighted by Crippen LogP contribution is -3.00. The van der Waals surface area contributed by atoms with Crippen LogP contribution in [0.15, 0.2) is 18.5 Å². The van der Waals surface area contributed by atoms with Gasteiger partial charge in [-0.2, -0.15) is 0 Å². The maximum Gasteiger partial charge on any atom is 0.388 e. The van der Waals surface area contributed by atoms with Gasteiger partial charge in [0.1, 0.15) is 6.20 Å². The molecule has 0 saturated carbocycles. The Balaban J connectivity index is 0.000001000. The number of carbonyl (C=O) groups is 1. The largest absolute Gasteiger partial charge is 1.00 e. The van der Waals surface area contributed by atoms with E-state index < -0.39 is 5.91 Å². The Bertz CT molecular complexity index is 264. The second kappa shape index (κ2) is 3.88. The summed E-state index contributed by atoms with van der Waals surface area (Å²) in [6, 6.07) is 1.73. The van der Waals surface area contributed by atoms with Gasteiger partial charge in [-0.15, -0.1) is 0 Å². The van der Waals surface area contributed by atoms with E-state index in [2.05, 4.69) is 4.98 Å². The summed E-state index contributed by atoms with van der Waals surface area (Å²) in [5.74, 6) is -0.245. The molecule has 4 nitrogen and oxygen atoms in total. The van der Waals surface area contributed by atoms with E-state index in [1.54, 1.807) is 23.9 Å². The van der Waals surface area contributed by atoms with Crippen molar-refractivity contribution in [3.8, 4) is 0 Å². The zero-order valence-corrected chi connectivity index (χ0v) is 6.75. The second-order valence-corrected chi connectivity index (χ2v) is 1.92. The van der Waals surface area contributed by atoms with Gasteiger partial charge in [0.05, 0.1) is 13.2 Å². The van der Waals surface area contributed by atoms with Gasteiger partial charge in [-0.1, -0.05) is 0 Å². The highest BCUT2D eigenvalue weighted by molar-refractivity contribution is 5.87. The summed E-state index contributed by atoms with van der Waals surface area (Å²) in [6.07, 6.45) is 3.24. The predicted octanol–water partition coefficient (Wildman–Crippen LogP) is -3.99. The molecular formula is C6H8ClN3O. The van der Waals surface area contributed by atoms with Crippen LogP contribution >= 0.6 is 0 Å². The van der Waals surface area contributed by atoms with Gasteiger partial charge in [0.2, 0.25) is 0 Å². The SMILES string of the molecule is C[n+]1cccnc1C(N)=O.[Cl-]. The van der Waals surface area contributed by atoms with E-state index in [0.29, 0.717) is 0 Å². The molecule has 60 valence electrons. The summed E-state index contributed by atoms with van der Waals surface area (Å²) >= 11 is 0. The minimum atomic E-state index is -0.511. The Morgan fingerprint density at radius 3 is 2.73 bits per heavy atom. The number of hydrogen-bond donors (Lipinski definition) is 1. The number of primary amides is 1. The van der Waals surface area contributed by atoms with Crippen molar-refractivity contribution in [1.82, 2.24) is 4.98 Å². The van der Waals surface area contributed by atoms with Crippen molar-refractivity contribution in [1.29, 1.82) is 0 Å². The van der Waals surface area contributed by atoms with E-state index in [1.165, 1.54) is 6.20 Å². The molecule has 1 heterocycles. The van der Waals surface area contributed by atoms with Gasteiger partial charge in [-0.25, -0.2) is 4.57 Å². The van der Waals surface area contributed by atoms with Crippen molar-refractivity contribution in [2.75, 3.05) is 0 Å². The third-order valence-corrected chi connectivity index (χ3v) is 1.15. The fraction of sp³-hybridized carbons (Fsp3) is 0.167. The highest BCUT2D eigenvalue weighted by Gasteiger charge is 2.13. The molecular weight excluding hydrogens is 166 g/mol. The van der Waals surface area contributed by atoms with Gasteiger partial charge in [-0.05, 0) is 4.98 Å². The summed E-state index contributed by atoms with van der Waals surface area (Å²) < 4.78 is 1.57. The van der Waals surface area contributed by atoms with Crippen LogP contribution in [-0.4, -0.2) is 10.9 Å². The van der Waals surface area contributed by atoms with Crippen molar-refractivity contribution < 1.29 is 21.8 Å². The van der Waals surface area contributed by atoms with E-state index in [0.717, 1.165) is 0 Å². The van der Waals surface area contributed by atoms with Crippen LogP contribution in [0.1, 0.15) is 10.6 Å². The van der Waals surface area contributed by atoms with Crippen LogP contribution in [0.4, 0.5) is 0 Å². The molecule has 0 aromatic carbocycles. The van der Waals surface area contributed by atoms with Crippen molar-refractivity contribution in [3.05, 3.63) is 24.3 Å². The van der Waals surface area contributed by atoms with Crippen molar-refractivity contribution >= 4 is 5.91 Å². The summed E-state index contributed by atoms with van der Waals surface area (Å²) in [5, 5.41) is 0. The minimum Gasteiger partial charge on any atom is -1.00 e. The molecule has 0 fully saturated rings. The molecule has 0 atom stereocenters. The van der Waals surface area contributed by atoms with Crippen molar-refractivity contribution in [2.45, 2.75) is 0 Å². The van der Waals surface area contributed by atoms with E-state index in [1.807, 2.05) is 0 Å². The molecule has 1 aromatic heterocycles. The van der Waals surface area contributed by atoms with E-state index in [9.17, 15) is 4.79 Å². The number of halogens is 1. The van der Waals surface area contributed by atoms with Crippen LogP contribution in [0, 0.1) is 0 Å². The maximum absolute atomic E-state index is 10.6. The van der Waals surface area contributed by atoms with Crippen LogP contribution in [0.5, 0.6) is 0 Å². The highest BCUT2D eigenvalue weighted by Crippen LogP contribution is 1.79. The standard InChI is InChI=1S/C6H7N3O.ClH/c1-9-4-2-3-8-6(9)5(7)10;/h2-4H,1H3,(H-,7,10);1H. The van der Waals surface area contributed by atoms with Crippen LogP contribution < -0.4 is 22.7 Å². The number of aryl methyl sites for hydroxylation is 1. The Hall–Kier alpha value is -1.16. The normalized spacial score (nSPS) is 8.45. The molecule has 0 aliphatic heterocycles. The van der Waals surface area contributed by atoms with Gasteiger partial charge < -0.3 is 18.1 Å². The molecule has 0 unspecified atom stereocenters. The first kappa shape index (κ1) is 9.84. The first-order valence-electron chi connectivity index (χ1n) is 2.82. The number of aromatic nitrogens is 2. The lowest BCUT2D eigenvalue weighted by molar-refractivity contribution is -0.676. The second-order valence-electron chi connectivity index (χ2n) is 1.92. The Labute approximate surface area is 70.5 Å². The molecule has 11 heavy (non-hydrogen) atoms. The fourth-order valence-electron chi connectivity index (χ4n) is 0.680. The number of nitrogens with two attached hydrogens (primary N) is 1. The molecule has 0 aliphatic rings. The third kappa shape index (κ3) is 2.16. The average molecular weight is 174 g/mol. The molecule has 0 saturated heterocycles. The molecule has 5 heteroatoms. The quantitative estimate of drug-likeness (QED) is 0.441. The minimum absolute atomic E-state index is 0. The van der Waals surface area contributed by atoms with E-state index >= 15 is 0 Å². The van der Waals surface area contributed by atoms with Crippen LogP contribution in [-0.2, 0) is 7.05 Å². The third-order valence-electron chi connectivity index (χ3n) is 1.15. The van der Waals surface area contributed by atoms with Crippen LogP contribution in [0.3, 0.4) is 0 Å².